The second-order valence-electron chi connectivity index (χ2n) is 5.82. The highest BCUT2D eigenvalue weighted by molar-refractivity contribution is 6.03. The molecule has 0 aromatic heterocycles. The second kappa shape index (κ2) is 7.33. The van der Waals surface area contributed by atoms with Gasteiger partial charge in [-0.3, -0.25) is 0 Å². The zero-order valence-electron chi connectivity index (χ0n) is 14.8. The summed E-state index contributed by atoms with van der Waals surface area (Å²) in [7, 11) is 2.80. The van der Waals surface area contributed by atoms with Gasteiger partial charge in [-0.15, -0.1) is 0 Å². The third-order valence-corrected chi connectivity index (χ3v) is 4.38. The zero-order chi connectivity index (χ0) is 19.4. The summed E-state index contributed by atoms with van der Waals surface area (Å²) in [6.45, 7) is 0. The summed E-state index contributed by atoms with van der Waals surface area (Å²) in [6, 6.07) is 19.5. The molecular formula is C21H16N2O4. The van der Waals surface area contributed by atoms with Crippen molar-refractivity contribution >= 4 is 11.5 Å². The number of carbonyl (C=O) groups excluding carboxylic acids is 1. The van der Waals surface area contributed by atoms with Crippen LogP contribution in [-0.4, -0.2) is 25.8 Å². The van der Waals surface area contributed by atoms with Gasteiger partial charge in [-0.05, 0) is 23.3 Å². The van der Waals surface area contributed by atoms with Crippen LogP contribution in [0.1, 0.15) is 17.2 Å². The lowest BCUT2D eigenvalue weighted by Crippen LogP contribution is -2.26. The van der Waals surface area contributed by atoms with Gasteiger partial charge >= 0.3 is 5.97 Å². The van der Waals surface area contributed by atoms with Crippen molar-refractivity contribution in [3.8, 4) is 17.9 Å². The molecular weight excluding hydrogens is 344 g/mol. The first-order valence-electron chi connectivity index (χ1n) is 8.13. The van der Waals surface area contributed by atoms with E-state index in [1.165, 1.54) is 7.11 Å². The molecule has 6 heteroatoms. The van der Waals surface area contributed by atoms with Crippen molar-refractivity contribution in [2.45, 2.75) is 11.7 Å². The van der Waals surface area contributed by atoms with Crippen molar-refractivity contribution in [3.63, 3.8) is 0 Å². The summed E-state index contributed by atoms with van der Waals surface area (Å²) >= 11 is 0. The number of carbonyl (C=O) groups is 1. The number of nitrogens with zero attached hydrogens (tertiary/aromatic N) is 2. The van der Waals surface area contributed by atoms with Gasteiger partial charge in [0.25, 0.3) is 5.60 Å². The molecule has 1 atom stereocenters. The number of benzene rings is 2. The van der Waals surface area contributed by atoms with Gasteiger partial charge in [0.15, 0.2) is 0 Å². The monoisotopic (exact) mass is 360 g/mol. The lowest BCUT2D eigenvalue weighted by molar-refractivity contribution is -0.137. The van der Waals surface area contributed by atoms with E-state index in [1.54, 1.807) is 61.7 Å². The van der Waals surface area contributed by atoms with E-state index in [9.17, 15) is 15.3 Å². The number of esters is 1. The first-order valence-corrected chi connectivity index (χ1v) is 8.13. The molecule has 0 saturated heterocycles. The highest BCUT2D eigenvalue weighted by Gasteiger charge is 2.51. The van der Waals surface area contributed by atoms with Gasteiger partial charge in [-0.25, -0.2) is 4.79 Å². The van der Waals surface area contributed by atoms with E-state index in [0.717, 1.165) is 0 Å². The van der Waals surface area contributed by atoms with Crippen molar-refractivity contribution in [1.82, 2.24) is 0 Å². The third-order valence-electron chi connectivity index (χ3n) is 4.38. The maximum Gasteiger partial charge on any atom is 0.337 e. The van der Waals surface area contributed by atoms with Crippen molar-refractivity contribution in [3.05, 3.63) is 71.3 Å². The first-order chi connectivity index (χ1) is 13.1. The second-order valence-corrected chi connectivity index (χ2v) is 5.82. The van der Waals surface area contributed by atoms with Crippen LogP contribution in [0.15, 0.2) is 60.2 Å². The average molecular weight is 360 g/mol. The van der Waals surface area contributed by atoms with Crippen LogP contribution in [-0.2, 0) is 14.3 Å². The highest BCUT2D eigenvalue weighted by Crippen LogP contribution is 2.48. The summed E-state index contributed by atoms with van der Waals surface area (Å²) < 4.78 is 16.0. The van der Waals surface area contributed by atoms with Crippen LogP contribution >= 0.6 is 0 Å². The van der Waals surface area contributed by atoms with Crippen LogP contribution in [0.25, 0.3) is 5.57 Å². The molecule has 0 amide bonds. The lowest BCUT2D eigenvalue weighted by atomic mass is 9.86. The van der Waals surface area contributed by atoms with Crippen LogP contribution in [0.5, 0.6) is 5.75 Å². The Hall–Kier alpha value is -3.61. The third kappa shape index (κ3) is 3.03. The Labute approximate surface area is 156 Å². The molecule has 0 fully saturated rings. The molecule has 3 rings (SSSR count). The number of methoxy groups -OCH3 is 2. The van der Waals surface area contributed by atoms with Crippen molar-refractivity contribution in [2.24, 2.45) is 0 Å². The predicted octanol–water partition coefficient (Wildman–Crippen LogP) is 3.18. The van der Waals surface area contributed by atoms with Crippen molar-refractivity contribution in [2.75, 3.05) is 14.2 Å². The van der Waals surface area contributed by atoms with Gasteiger partial charge in [-0.1, -0.05) is 42.5 Å². The fraction of sp³-hybridized carbons (Fsp3) is 0.190. The summed E-state index contributed by atoms with van der Waals surface area (Å²) in [5.74, 6) is -0.0162. The number of hydrogen-bond donors (Lipinski definition) is 0. The summed E-state index contributed by atoms with van der Waals surface area (Å²) in [4.78, 5) is 12.6. The summed E-state index contributed by atoms with van der Waals surface area (Å²) in [5.41, 5.74) is -0.415. The molecule has 2 aromatic carbocycles. The topological polar surface area (TPSA) is 92.3 Å². The van der Waals surface area contributed by atoms with Gasteiger partial charge in [0.05, 0.1) is 19.8 Å². The quantitative estimate of drug-likeness (QED) is 0.778. The van der Waals surface area contributed by atoms with E-state index in [1.807, 2.05) is 12.1 Å². The predicted molar refractivity (Wildman–Crippen MR) is 96.2 cm³/mol. The lowest BCUT2D eigenvalue weighted by Gasteiger charge is -2.18. The molecule has 27 heavy (non-hydrogen) atoms. The van der Waals surface area contributed by atoms with Gasteiger partial charge in [-0.2, -0.15) is 10.5 Å². The smallest absolute Gasteiger partial charge is 0.337 e. The molecule has 0 bridgehead atoms. The minimum Gasteiger partial charge on any atom is -0.497 e. The van der Waals surface area contributed by atoms with E-state index in [-0.39, 0.29) is 11.1 Å². The van der Waals surface area contributed by atoms with E-state index >= 15 is 0 Å². The van der Waals surface area contributed by atoms with Crippen LogP contribution in [0, 0.1) is 22.7 Å². The Bertz CT molecular complexity index is 952. The largest absolute Gasteiger partial charge is 0.497 e. The van der Waals surface area contributed by atoms with Crippen molar-refractivity contribution < 1.29 is 19.0 Å². The van der Waals surface area contributed by atoms with Gasteiger partial charge in [0.1, 0.15) is 24.0 Å². The number of ether oxygens (including phenoxy) is 3. The Morgan fingerprint density at radius 1 is 1.04 bits per heavy atom. The van der Waals surface area contributed by atoms with Crippen LogP contribution < -0.4 is 4.74 Å². The SMILES string of the molecule is COC(=O)C1=C(c2ccccc2)C(C#N)(C#N)OC1c1ccc(OC)cc1. The number of nitriles is 2. The minimum atomic E-state index is -1.92. The van der Waals surface area contributed by atoms with Gasteiger partial charge < -0.3 is 14.2 Å². The summed E-state index contributed by atoms with van der Waals surface area (Å²) in [5, 5.41) is 19.5. The fourth-order valence-corrected chi connectivity index (χ4v) is 3.10. The molecule has 0 radical (unpaired) electrons. The van der Waals surface area contributed by atoms with Crippen LogP contribution in [0.2, 0.25) is 0 Å². The van der Waals surface area contributed by atoms with Crippen molar-refractivity contribution in [1.29, 1.82) is 10.5 Å². The molecule has 0 saturated carbocycles. The standard InChI is InChI=1S/C21H16N2O4/c1-25-16-10-8-15(9-11-16)19-17(20(24)26-2)18(14-6-4-3-5-7-14)21(12-22,13-23)27-19/h3-11,19H,1-2H3. The summed E-state index contributed by atoms with van der Waals surface area (Å²) in [6.07, 6.45) is -0.919. The first kappa shape index (κ1) is 18.2. The van der Waals surface area contributed by atoms with E-state index in [4.69, 9.17) is 14.2 Å². The zero-order valence-corrected chi connectivity index (χ0v) is 14.8. The normalized spacial score (nSPS) is 17.7. The Morgan fingerprint density at radius 3 is 2.19 bits per heavy atom. The van der Waals surface area contributed by atoms with Crippen LogP contribution in [0.4, 0.5) is 0 Å². The Kier molecular flexibility index (Phi) is 4.94. The fourth-order valence-electron chi connectivity index (χ4n) is 3.10. The van der Waals surface area contributed by atoms with E-state index in [2.05, 4.69) is 0 Å². The van der Waals surface area contributed by atoms with Gasteiger partial charge in [0.2, 0.25) is 0 Å². The minimum absolute atomic E-state index is 0.136. The molecule has 134 valence electrons. The van der Waals surface area contributed by atoms with Gasteiger partial charge in [0, 0.05) is 5.57 Å². The highest BCUT2D eigenvalue weighted by atomic mass is 16.5. The molecule has 1 aliphatic rings. The molecule has 0 aliphatic carbocycles. The Morgan fingerprint density at radius 2 is 1.67 bits per heavy atom. The number of hydrogen-bond acceptors (Lipinski definition) is 6. The maximum absolute atomic E-state index is 12.6. The molecule has 6 nitrogen and oxygen atoms in total. The average Bonchev–Trinajstić information content (AvgIpc) is 3.09. The molecule has 1 heterocycles. The molecule has 0 spiro atoms. The van der Waals surface area contributed by atoms with E-state index in [0.29, 0.717) is 16.9 Å². The molecule has 1 unspecified atom stereocenters. The maximum atomic E-state index is 12.6. The van der Waals surface area contributed by atoms with Crippen LogP contribution in [0.3, 0.4) is 0 Å². The van der Waals surface area contributed by atoms with E-state index < -0.39 is 17.7 Å². The number of rotatable bonds is 4. The molecule has 2 aromatic rings. The Balaban J connectivity index is 2.26. The molecule has 1 aliphatic heterocycles. The molecule has 0 N–H and O–H groups in total.